The number of carbonyl (C=O) groups is 2. The van der Waals surface area contributed by atoms with E-state index in [-0.39, 0.29) is 12.3 Å². The maximum atomic E-state index is 12.3. The Hall–Kier alpha value is -1.36. The van der Waals surface area contributed by atoms with Gasteiger partial charge in [-0.05, 0) is 44.2 Å². The van der Waals surface area contributed by atoms with Crippen LogP contribution < -0.4 is 0 Å². The van der Waals surface area contributed by atoms with E-state index in [0.717, 1.165) is 29.1 Å². The Kier molecular flexibility index (Phi) is 4.58. The van der Waals surface area contributed by atoms with Crippen LogP contribution in [0.5, 0.6) is 0 Å². The van der Waals surface area contributed by atoms with Crippen LogP contribution in [0.2, 0.25) is 0 Å². The minimum atomic E-state index is -0.752. The number of rotatable bonds is 4. The van der Waals surface area contributed by atoms with E-state index in [4.69, 9.17) is 5.11 Å². The lowest BCUT2D eigenvalue weighted by Crippen LogP contribution is -2.39. The maximum absolute atomic E-state index is 12.3. The highest BCUT2D eigenvalue weighted by atomic mass is 32.1. The van der Waals surface area contributed by atoms with Gasteiger partial charge >= 0.3 is 5.97 Å². The Morgan fingerprint density at radius 2 is 2.26 bits per heavy atom. The normalized spacial score (nSPS) is 19.4. The summed E-state index contributed by atoms with van der Waals surface area (Å²) >= 11 is 1.52. The van der Waals surface area contributed by atoms with E-state index in [2.05, 4.69) is 0 Å². The highest BCUT2D eigenvalue weighted by molar-refractivity contribution is 7.13. The second kappa shape index (κ2) is 6.19. The molecule has 19 heavy (non-hydrogen) atoms. The summed E-state index contributed by atoms with van der Waals surface area (Å²) < 4.78 is 0. The van der Waals surface area contributed by atoms with Crippen molar-refractivity contribution in [3.05, 3.63) is 21.9 Å². The standard InChI is InChI=1S/C14H19NO3S/c1-10-4-6-12(19-10)14(18)15-8-2-3-11(9-15)5-7-13(16)17/h4,6,11H,2-3,5,7-9H2,1H3,(H,16,17). The molecule has 1 aromatic rings. The SMILES string of the molecule is Cc1ccc(C(=O)N2CCCC(CCC(=O)O)C2)s1. The third kappa shape index (κ3) is 3.80. The Labute approximate surface area is 117 Å². The Balaban J connectivity index is 1.93. The number of nitrogens with zero attached hydrogens (tertiary/aromatic N) is 1. The van der Waals surface area contributed by atoms with Crippen molar-refractivity contribution in [1.29, 1.82) is 0 Å². The molecule has 1 amide bonds. The first kappa shape index (κ1) is 14.1. The lowest BCUT2D eigenvalue weighted by Gasteiger charge is -2.32. The molecule has 1 unspecified atom stereocenters. The molecule has 0 aromatic carbocycles. The van der Waals surface area contributed by atoms with Gasteiger partial charge in [0.25, 0.3) is 5.91 Å². The molecule has 0 aliphatic carbocycles. The fourth-order valence-corrected chi connectivity index (χ4v) is 3.35. The topological polar surface area (TPSA) is 57.6 Å². The van der Waals surface area contributed by atoms with Gasteiger partial charge in [-0.2, -0.15) is 0 Å². The van der Waals surface area contributed by atoms with E-state index in [0.29, 0.717) is 18.9 Å². The summed E-state index contributed by atoms with van der Waals surface area (Å²) in [6, 6.07) is 3.84. The quantitative estimate of drug-likeness (QED) is 0.923. The molecule has 0 spiro atoms. The van der Waals surface area contributed by atoms with Crippen molar-refractivity contribution < 1.29 is 14.7 Å². The number of carboxylic acid groups (broad SMARTS) is 1. The first-order valence-corrected chi connectivity index (χ1v) is 7.45. The van der Waals surface area contributed by atoms with Gasteiger partial charge in [0.2, 0.25) is 0 Å². The summed E-state index contributed by atoms with van der Waals surface area (Å²) in [5, 5.41) is 8.72. The highest BCUT2D eigenvalue weighted by Crippen LogP contribution is 2.24. The van der Waals surface area contributed by atoms with Gasteiger partial charge in [0, 0.05) is 24.4 Å². The van der Waals surface area contributed by atoms with Gasteiger partial charge in [-0.3, -0.25) is 9.59 Å². The molecule has 2 heterocycles. The summed E-state index contributed by atoms with van der Waals surface area (Å²) in [5.74, 6) is -0.328. The first-order chi connectivity index (χ1) is 9.06. The second-order valence-corrected chi connectivity index (χ2v) is 6.39. The van der Waals surface area contributed by atoms with Crippen LogP contribution in [0.4, 0.5) is 0 Å². The van der Waals surface area contributed by atoms with Crippen LogP contribution in [0.15, 0.2) is 12.1 Å². The Morgan fingerprint density at radius 1 is 1.47 bits per heavy atom. The number of piperidine rings is 1. The smallest absolute Gasteiger partial charge is 0.303 e. The van der Waals surface area contributed by atoms with Crippen LogP contribution in [-0.4, -0.2) is 35.0 Å². The van der Waals surface area contributed by atoms with Gasteiger partial charge in [0.15, 0.2) is 0 Å². The highest BCUT2D eigenvalue weighted by Gasteiger charge is 2.25. The van der Waals surface area contributed by atoms with Crippen molar-refractivity contribution in [3.63, 3.8) is 0 Å². The largest absolute Gasteiger partial charge is 0.481 e. The number of aliphatic carboxylic acids is 1. The van der Waals surface area contributed by atoms with E-state index < -0.39 is 5.97 Å². The molecule has 1 aliphatic rings. The summed E-state index contributed by atoms with van der Waals surface area (Å²) in [4.78, 5) is 26.7. The molecule has 0 radical (unpaired) electrons. The number of carboxylic acids is 1. The van der Waals surface area contributed by atoms with Crippen LogP contribution in [0.1, 0.15) is 40.2 Å². The molecule has 0 bridgehead atoms. The van der Waals surface area contributed by atoms with Gasteiger partial charge < -0.3 is 10.0 Å². The fourth-order valence-electron chi connectivity index (χ4n) is 2.52. The molecular formula is C14H19NO3S. The number of likely N-dealkylation sites (tertiary alicyclic amines) is 1. The number of hydrogen-bond acceptors (Lipinski definition) is 3. The van der Waals surface area contributed by atoms with Crippen LogP contribution >= 0.6 is 11.3 Å². The number of thiophene rings is 1. The Morgan fingerprint density at radius 3 is 2.89 bits per heavy atom. The molecule has 4 nitrogen and oxygen atoms in total. The zero-order valence-electron chi connectivity index (χ0n) is 11.1. The molecule has 1 aromatic heterocycles. The molecule has 0 saturated carbocycles. The van der Waals surface area contributed by atoms with Crippen LogP contribution in [0.3, 0.4) is 0 Å². The van der Waals surface area contributed by atoms with Crippen molar-refractivity contribution in [3.8, 4) is 0 Å². The lowest BCUT2D eigenvalue weighted by molar-refractivity contribution is -0.137. The molecular weight excluding hydrogens is 262 g/mol. The molecule has 1 atom stereocenters. The van der Waals surface area contributed by atoms with Crippen molar-refractivity contribution in [2.75, 3.05) is 13.1 Å². The van der Waals surface area contributed by atoms with Crippen LogP contribution in [0, 0.1) is 12.8 Å². The minimum Gasteiger partial charge on any atom is -0.481 e. The van der Waals surface area contributed by atoms with Gasteiger partial charge in [0.1, 0.15) is 0 Å². The summed E-state index contributed by atoms with van der Waals surface area (Å²) in [7, 11) is 0. The van der Waals surface area contributed by atoms with Gasteiger partial charge in [-0.15, -0.1) is 11.3 Å². The monoisotopic (exact) mass is 281 g/mol. The summed E-state index contributed by atoms with van der Waals surface area (Å²) in [5.41, 5.74) is 0. The van der Waals surface area contributed by atoms with Crippen molar-refractivity contribution >= 4 is 23.2 Å². The number of amides is 1. The maximum Gasteiger partial charge on any atom is 0.303 e. The molecule has 1 saturated heterocycles. The van der Waals surface area contributed by atoms with Crippen molar-refractivity contribution in [1.82, 2.24) is 4.90 Å². The molecule has 1 aliphatic heterocycles. The predicted molar refractivity (Wildman–Crippen MR) is 74.6 cm³/mol. The first-order valence-electron chi connectivity index (χ1n) is 6.64. The molecule has 2 rings (SSSR count). The molecule has 1 N–H and O–H groups in total. The number of hydrogen-bond donors (Lipinski definition) is 1. The zero-order valence-corrected chi connectivity index (χ0v) is 11.9. The zero-order chi connectivity index (χ0) is 13.8. The fraction of sp³-hybridized carbons (Fsp3) is 0.571. The predicted octanol–water partition coefficient (Wildman–Crippen LogP) is 2.77. The molecule has 5 heteroatoms. The van der Waals surface area contributed by atoms with E-state index in [1.165, 1.54) is 11.3 Å². The molecule has 104 valence electrons. The van der Waals surface area contributed by atoms with E-state index >= 15 is 0 Å². The average molecular weight is 281 g/mol. The average Bonchev–Trinajstić information content (AvgIpc) is 2.82. The van der Waals surface area contributed by atoms with Crippen molar-refractivity contribution in [2.24, 2.45) is 5.92 Å². The number of aryl methyl sites for hydroxylation is 1. The molecule has 1 fully saturated rings. The van der Waals surface area contributed by atoms with Gasteiger partial charge in [-0.25, -0.2) is 0 Å². The second-order valence-electron chi connectivity index (χ2n) is 5.10. The van der Waals surface area contributed by atoms with Crippen LogP contribution in [0.25, 0.3) is 0 Å². The number of carbonyl (C=O) groups excluding carboxylic acids is 1. The Bertz CT molecular complexity index is 469. The van der Waals surface area contributed by atoms with Crippen molar-refractivity contribution in [2.45, 2.75) is 32.6 Å². The van der Waals surface area contributed by atoms with Gasteiger partial charge in [-0.1, -0.05) is 0 Å². The van der Waals surface area contributed by atoms with E-state index in [1.54, 1.807) is 0 Å². The third-order valence-corrected chi connectivity index (χ3v) is 4.51. The summed E-state index contributed by atoms with van der Waals surface area (Å²) in [6.07, 6.45) is 2.87. The third-order valence-electron chi connectivity index (χ3n) is 3.52. The summed E-state index contributed by atoms with van der Waals surface area (Å²) in [6.45, 7) is 3.48. The lowest BCUT2D eigenvalue weighted by atomic mass is 9.93. The van der Waals surface area contributed by atoms with E-state index in [9.17, 15) is 9.59 Å². The van der Waals surface area contributed by atoms with Gasteiger partial charge in [0.05, 0.1) is 4.88 Å². The minimum absolute atomic E-state index is 0.0955. The van der Waals surface area contributed by atoms with Crippen LogP contribution in [-0.2, 0) is 4.79 Å². The van der Waals surface area contributed by atoms with E-state index in [1.807, 2.05) is 24.0 Å².